The number of ketones is 1. The topological polar surface area (TPSA) is 76.1 Å². The molecule has 0 aliphatic carbocycles. The number of amides is 1. The van der Waals surface area contributed by atoms with E-state index in [-0.39, 0.29) is 21.9 Å². The zero-order chi connectivity index (χ0) is 27.5. The Morgan fingerprint density at radius 1 is 0.872 bits per heavy atom. The number of anilines is 1. The SMILES string of the molecule is CCOc1ccc(Cl)c(/C(O)=C2\C(=O)C(=O)N(c3cccc(C)c3)C2c2cccc(Oc3ccccc3)c2)c1. The van der Waals surface area contributed by atoms with Gasteiger partial charge in [0, 0.05) is 11.3 Å². The summed E-state index contributed by atoms with van der Waals surface area (Å²) in [6.45, 7) is 4.15. The third kappa shape index (κ3) is 5.24. The van der Waals surface area contributed by atoms with Crippen LogP contribution in [0.15, 0.2) is 103 Å². The second-order valence-electron chi connectivity index (χ2n) is 9.07. The van der Waals surface area contributed by atoms with E-state index in [2.05, 4.69) is 0 Å². The number of aliphatic hydroxyl groups excluding tert-OH is 1. The Balaban J connectivity index is 1.69. The van der Waals surface area contributed by atoms with E-state index in [0.29, 0.717) is 35.1 Å². The average molecular weight is 540 g/mol. The van der Waals surface area contributed by atoms with Gasteiger partial charge in [-0.1, -0.05) is 54.1 Å². The zero-order valence-corrected chi connectivity index (χ0v) is 22.2. The number of carbonyl (C=O) groups is 2. The van der Waals surface area contributed by atoms with Crippen LogP contribution >= 0.6 is 11.6 Å². The summed E-state index contributed by atoms with van der Waals surface area (Å²) in [5.74, 6) is -0.308. The van der Waals surface area contributed by atoms with Crippen LogP contribution in [0.2, 0.25) is 5.02 Å². The standard InChI is InChI=1S/C32H26ClNO5/c1-3-38-24-15-16-27(33)26(19-24)30(35)28-29(34(32(37)31(28)36)22-11-7-9-20(2)17-22)21-10-8-14-25(18-21)39-23-12-5-4-6-13-23/h4-19,29,35H,3H2,1-2H3/b30-28+. The van der Waals surface area contributed by atoms with Gasteiger partial charge in [-0.15, -0.1) is 0 Å². The van der Waals surface area contributed by atoms with E-state index in [1.54, 1.807) is 48.5 Å². The molecule has 5 rings (SSSR count). The van der Waals surface area contributed by atoms with Gasteiger partial charge in [0.1, 0.15) is 23.0 Å². The second kappa shape index (κ2) is 11.1. The summed E-state index contributed by atoms with van der Waals surface area (Å²) in [6, 6.07) is 27.6. The highest BCUT2D eigenvalue weighted by Crippen LogP contribution is 2.44. The maximum atomic E-state index is 13.6. The van der Waals surface area contributed by atoms with Crippen LogP contribution in [0.4, 0.5) is 5.69 Å². The Morgan fingerprint density at radius 3 is 2.36 bits per heavy atom. The first-order valence-corrected chi connectivity index (χ1v) is 12.9. The van der Waals surface area contributed by atoms with Crippen molar-refractivity contribution < 1.29 is 24.2 Å². The van der Waals surface area contributed by atoms with E-state index in [1.165, 1.54) is 4.90 Å². The number of ether oxygens (including phenoxy) is 2. The fraction of sp³-hybridized carbons (Fsp3) is 0.125. The lowest BCUT2D eigenvalue weighted by Gasteiger charge is -2.26. The first-order valence-electron chi connectivity index (χ1n) is 12.5. The van der Waals surface area contributed by atoms with Crippen LogP contribution in [-0.2, 0) is 9.59 Å². The lowest BCUT2D eigenvalue weighted by Crippen LogP contribution is -2.29. The molecule has 1 aliphatic rings. The van der Waals surface area contributed by atoms with Crippen molar-refractivity contribution in [3.63, 3.8) is 0 Å². The van der Waals surface area contributed by atoms with Crippen molar-refractivity contribution in [1.29, 1.82) is 0 Å². The third-order valence-electron chi connectivity index (χ3n) is 6.38. The van der Waals surface area contributed by atoms with Crippen LogP contribution in [0.3, 0.4) is 0 Å². The van der Waals surface area contributed by atoms with Crippen molar-refractivity contribution in [2.24, 2.45) is 0 Å². The second-order valence-corrected chi connectivity index (χ2v) is 9.48. The molecule has 1 N–H and O–H groups in total. The quantitative estimate of drug-likeness (QED) is 0.150. The monoisotopic (exact) mass is 539 g/mol. The van der Waals surface area contributed by atoms with E-state index < -0.39 is 17.7 Å². The lowest BCUT2D eigenvalue weighted by atomic mass is 9.94. The fourth-order valence-corrected chi connectivity index (χ4v) is 4.86. The molecule has 1 atom stereocenters. The van der Waals surface area contributed by atoms with Crippen LogP contribution in [-0.4, -0.2) is 23.4 Å². The fourth-order valence-electron chi connectivity index (χ4n) is 4.65. The highest BCUT2D eigenvalue weighted by atomic mass is 35.5. The average Bonchev–Trinajstić information content (AvgIpc) is 3.20. The molecule has 39 heavy (non-hydrogen) atoms. The van der Waals surface area contributed by atoms with Crippen molar-refractivity contribution in [3.8, 4) is 17.2 Å². The first kappa shape index (κ1) is 26.1. The molecule has 1 unspecified atom stereocenters. The van der Waals surface area contributed by atoms with Gasteiger partial charge in [0.15, 0.2) is 0 Å². The molecule has 0 saturated carbocycles. The highest BCUT2D eigenvalue weighted by Gasteiger charge is 2.47. The number of Topliss-reactive ketones (excluding diaryl/α,β-unsaturated/α-hetero) is 1. The molecule has 1 amide bonds. The summed E-state index contributed by atoms with van der Waals surface area (Å²) in [5.41, 5.74) is 2.16. The zero-order valence-electron chi connectivity index (χ0n) is 21.4. The van der Waals surface area contributed by atoms with Crippen molar-refractivity contribution >= 4 is 34.7 Å². The summed E-state index contributed by atoms with van der Waals surface area (Å²) < 4.78 is 11.6. The van der Waals surface area contributed by atoms with Gasteiger partial charge in [0.2, 0.25) is 0 Å². The summed E-state index contributed by atoms with van der Waals surface area (Å²) in [4.78, 5) is 28.5. The number of halogens is 1. The number of carbonyl (C=O) groups excluding carboxylic acids is 2. The van der Waals surface area contributed by atoms with Crippen molar-refractivity contribution in [1.82, 2.24) is 0 Å². The molecule has 1 aliphatic heterocycles. The minimum Gasteiger partial charge on any atom is -0.507 e. The van der Waals surface area contributed by atoms with Gasteiger partial charge in [-0.2, -0.15) is 0 Å². The van der Waals surface area contributed by atoms with Crippen molar-refractivity contribution in [3.05, 3.63) is 124 Å². The lowest BCUT2D eigenvalue weighted by molar-refractivity contribution is -0.132. The van der Waals surface area contributed by atoms with E-state index >= 15 is 0 Å². The van der Waals surface area contributed by atoms with E-state index in [4.69, 9.17) is 21.1 Å². The van der Waals surface area contributed by atoms with E-state index in [1.807, 2.05) is 62.4 Å². The number of para-hydroxylation sites is 1. The van der Waals surface area contributed by atoms with Crippen LogP contribution in [0.25, 0.3) is 5.76 Å². The number of nitrogens with zero attached hydrogens (tertiary/aromatic N) is 1. The Morgan fingerprint density at radius 2 is 1.62 bits per heavy atom. The first-order chi connectivity index (χ1) is 18.9. The smallest absolute Gasteiger partial charge is 0.300 e. The van der Waals surface area contributed by atoms with Gasteiger partial charge in [0.25, 0.3) is 11.7 Å². The van der Waals surface area contributed by atoms with Gasteiger partial charge in [-0.05, 0) is 79.6 Å². The number of rotatable bonds is 7. The summed E-state index contributed by atoms with van der Waals surface area (Å²) in [5, 5.41) is 11.8. The Bertz CT molecular complexity index is 1580. The summed E-state index contributed by atoms with van der Waals surface area (Å²) in [7, 11) is 0. The van der Waals surface area contributed by atoms with E-state index in [0.717, 1.165) is 5.56 Å². The predicted molar refractivity (Wildman–Crippen MR) is 152 cm³/mol. The molecule has 0 radical (unpaired) electrons. The number of hydrogen-bond acceptors (Lipinski definition) is 5. The molecule has 1 saturated heterocycles. The molecule has 196 valence electrons. The number of aryl methyl sites for hydroxylation is 1. The molecule has 4 aromatic carbocycles. The summed E-state index contributed by atoms with van der Waals surface area (Å²) >= 11 is 6.46. The van der Waals surface area contributed by atoms with Gasteiger partial charge in [-0.3, -0.25) is 14.5 Å². The van der Waals surface area contributed by atoms with E-state index in [9.17, 15) is 14.7 Å². The molecule has 0 aromatic heterocycles. The molecule has 6 nitrogen and oxygen atoms in total. The largest absolute Gasteiger partial charge is 0.507 e. The minimum absolute atomic E-state index is 0.0751. The Labute approximate surface area is 231 Å². The molecule has 0 bridgehead atoms. The van der Waals surface area contributed by atoms with Gasteiger partial charge in [-0.25, -0.2) is 0 Å². The molecule has 1 heterocycles. The van der Waals surface area contributed by atoms with Crippen LogP contribution in [0, 0.1) is 6.92 Å². The van der Waals surface area contributed by atoms with Gasteiger partial charge >= 0.3 is 0 Å². The van der Waals surface area contributed by atoms with Crippen LogP contribution in [0.5, 0.6) is 17.2 Å². The normalized spacial score (nSPS) is 16.4. The third-order valence-corrected chi connectivity index (χ3v) is 6.71. The maximum Gasteiger partial charge on any atom is 0.300 e. The Kier molecular flexibility index (Phi) is 7.39. The maximum absolute atomic E-state index is 13.6. The van der Waals surface area contributed by atoms with Crippen molar-refractivity contribution in [2.45, 2.75) is 19.9 Å². The molecule has 1 fully saturated rings. The van der Waals surface area contributed by atoms with Crippen molar-refractivity contribution in [2.75, 3.05) is 11.5 Å². The minimum atomic E-state index is -0.932. The molecule has 0 spiro atoms. The van der Waals surface area contributed by atoms with Gasteiger partial charge < -0.3 is 14.6 Å². The molecule has 7 heteroatoms. The Hall–Kier alpha value is -4.55. The molecular formula is C32H26ClNO5. The molecule has 4 aromatic rings. The highest BCUT2D eigenvalue weighted by molar-refractivity contribution is 6.52. The van der Waals surface area contributed by atoms with Crippen LogP contribution < -0.4 is 14.4 Å². The number of aliphatic hydroxyl groups is 1. The predicted octanol–water partition coefficient (Wildman–Crippen LogP) is 7.47. The summed E-state index contributed by atoms with van der Waals surface area (Å²) in [6.07, 6.45) is 0. The number of benzene rings is 4. The van der Waals surface area contributed by atoms with Gasteiger partial charge in [0.05, 0.1) is 23.2 Å². The van der Waals surface area contributed by atoms with Crippen LogP contribution in [0.1, 0.15) is 29.7 Å². The number of hydrogen-bond donors (Lipinski definition) is 1. The molecular weight excluding hydrogens is 514 g/mol.